The summed E-state index contributed by atoms with van der Waals surface area (Å²) in [7, 11) is 3.28. The normalized spacial score (nSPS) is 12.1. The van der Waals surface area contributed by atoms with Gasteiger partial charge in [0.1, 0.15) is 17.3 Å². The molecule has 2 aromatic heterocycles. The van der Waals surface area contributed by atoms with Gasteiger partial charge in [0, 0.05) is 19.2 Å². The zero-order valence-electron chi connectivity index (χ0n) is 17.8. The zero-order valence-corrected chi connectivity index (χ0v) is 17.8. The third-order valence-corrected chi connectivity index (χ3v) is 5.14. The third-order valence-electron chi connectivity index (χ3n) is 5.14. The summed E-state index contributed by atoms with van der Waals surface area (Å²) in [4.78, 5) is 17.6. The highest BCUT2D eigenvalue weighted by molar-refractivity contribution is 5.93. The first-order valence-electron chi connectivity index (χ1n) is 10.1. The van der Waals surface area contributed by atoms with E-state index in [2.05, 4.69) is 20.1 Å². The molecule has 4 rings (SSSR count). The van der Waals surface area contributed by atoms with E-state index in [-0.39, 0.29) is 11.9 Å². The fraction of sp³-hybridized carbons (Fsp3) is 0.261. The minimum Gasteiger partial charge on any atom is -0.496 e. The van der Waals surface area contributed by atoms with Crippen molar-refractivity contribution in [2.45, 2.75) is 19.5 Å². The third kappa shape index (κ3) is 4.15. The van der Waals surface area contributed by atoms with Crippen LogP contribution < -0.4 is 10.1 Å². The molecule has 31 heavy (non-hydrogen) atoms. The minimum atomic E-state index is -0.310. The van der Waals surface area contributed by atoms with Crippen molar-refractivity contribution >= 4 is 16.9 Å². The Kier molecular flexibility index (Phi) is 5.99. The van der Waals surface area contributed by atoms with Crippen LogP contribution in [-0.2, 0) is 11.3 Å². The summed E-state index contributed by atoms with van der Waals surface area (Å²) >= 11 is 0. The molecule has 0 unspecified atom stereocenters. The number of H-pyrrole nitrogens is 1. The van der Waals surface area contributed by atoms with E-state index >= 15 is 0 Å². The van der Waals surface area contributed by atoms with Gasteiger partial charge in [0.2, 0.25) is 0 Å². The van der Waals surface area contributed by atoms with Gasteiger partial charge in [-0.1, -0.05) is 24.3 Å². The molecule has 0 aliphatic heterocycles. The maximum absolute atomic E-state index is 12.9. The van der Waals surface area contributed by atoms with E-state index in [1.165, 1.54) is 0 Å². The largest absolute Gasteiger partial charge is 0.496 e. The van der Waals surface area contributed by atoms with Crippen molar-refractivity contribution in [1.29, 1.82) is 0 Å². The van der Waals surface area contributed by atoms with Crippen LogP contribution >= 0.6 is 0 Å². The summed E-state index contributed by atoms with van der Waals surface area (Å²) in [6.07, 6.45) is 0. The molecule has 160 valence electrons. The van der Waals surface area contributed by atoms with Gasteiger partial charge >= 0.3 is 0 Å². The standard InChI is InChI=1S/C23H25N5O3/c1-15(22-25-17-9-5-6-10-20(17)28(22)12-13-30-2)24-23(29)19-14-18(26-27-19)16-8-4-7-11-21(16)31-3/h4-11,14-15H,12-13H2,1-3H3,(H,24,29)(H,26,27)/t15-/m0/s1. The molecule has 0 fully saturated rings. The number of amides is 1. The van der Waals surface area contributed by atoms with Gasteiger partial charge in [-0.3, -0.25) is 9.89 Å². The molecule has 8 heteroatoms. The molecular weight excluding hydrogens is 394 g/mol. The topological polar surface area (TPSA) is 94.1 Å². The molecule has 0 saturated heterocycles. The molecule has 0 radical (unpaired) electrons. The molecule has 0 aliphatic rings. The number of aromatic nitrogens is 4. The first kappa shape index (κ1) is 20.6. The van der Waals surface area contributed by atoms with Gasteiger partial charge in [0.15, 0.2) is 0 Å². The van der Waals surface area contributed by atoms with Crippen LogP contribution in [0.4, 0.5) is 0 Å². The smallest absolute Gasteiger partial charge is 0.269 e. The molecule has 2 heterocycles. The van der Waals surface area contributed by atoms with Crippen molar-refractivity contribution in [3.63, 3.8) is 0 Å². The highest BCUT2D eigenvalue weighted by Gasteiger charge is 2.20. The first-order valence-corrected chi connectivity index (χ1v) is 10.1. The Morgan fingerprint density at radius 3 is 2.74 bits per heavy atom. The molecule has 0 saturated carbocycles. The number of nitrogens with one attached hydrogen (secondary N) is 2. The second-order valence-electron chi connectivity index (χ2n) is 7.17. The summed E-state index contributed by atoms with van der Waals surface area (Å²) in [6.45, 7) is 3.12. The lowest BCUT2D eigenvalue weighted by Gasteiger charge is -2.15. The van der Waals surface area contributed by atoms with Crippen LogP contribution in [0.2, 0.25) is 0 Å². The Hall–Kier alpha value is -3.65. The fourth-order valence-corrected chi connectivity index (χ4v) is 3.61. The second-order valence-corrected chi connectivity index (χ2v) is 7.17. The van der Waals surface area contributed by atoms with E-state index in [1.807, 2.05) is 55.5 Å². The van der Waals surface area contributed by atoms with E-state index in [0.717, 1.165) is 22.4 Å². The molecule has 0 bridgehead atoms. The van der Waals surface area contributed by atoms with Gasteiger partial charge in [-0.2, -0.15) is 5.10 Å². The molecule has 8 nitrogen and oxygen atoms in total. The molecular formula is C23H25N5O3. The van der Waals surface area contributed by atoms with E-state index in [0.29, 0.717) is 30.3 Å². The number of carbonyl (C=O) groups is 1. The quantitative estimate of drug-likeness (QED) is 0.455. The van der Waals surface area contributed by atoms with Crippen LogP contribution in [-0.4, -0.2) is 46.5 Å². The number of imidazole rings is 1. The summed E-state index contributed by atoms with van der Waals surface area (Å²) < 4.78 is 12.7. The first-order chi connectivity index (χ1) is 15.1. The van der Waals surface area contributed by atoms with Crippen LogP contribution in [0.25, 0.3) is 22.3 Å². The number of fused-ring (bicyclic) bond motifs is 1. The van der Waals surface area contributed by atoms with Gasteiger partial charge in [0.25, 0.3) is 5.91 Å². The number of carbonyl (C=O) groups excluding carboxylic acids is 1. The summed E-state index contributed by atoms with van der Waals surface area (Å²) in [6, 6.07) is 16.9. The second kappa shape index (κ2) is 9.01. The van der Waals surface area contributed by atoms with Crippen LogP contribution in [0, 0.1) is 0 Å². The molecule has 1 atom stereocenters. The van der Waals surface area contributed by atoms with Gasteiger partial charge < -0.3 is 19.4 Å². The van der Waals surface area contributed by atoms with Crippen LogP contribution in [0.3, 0.4) is 0 Å². The Balaban J connectivity index is 1.56. The maximum atomic E-state index is 12.9. The fourth-order valence-electron chi connectivity index (χ4n) is 3.61. The summed E-state index contributed by atoms with van der Waals surface area (Å²) in [5.41, 5.74) is 3.72. The van der Waals surface area contributed by atoms with Crippen molar-refractivity contribution in [3.05, 3.63) is 66.1 Å². The number of hydrogen-bond acceptors (Lipinski definition) is 5. The summed E-state index contributed by atoms with van der Waals surface area (Å²) in [5, 5.41) is 10.1. The SMILES string of the molecule is COCCn1c([C@H](C)NC(=O)c2cc(-c3ccccc3OC)n[nH]2)nc2ccccc21. The highest BCUT2D eigenvalue weighted by Crippen LogP contribution is 2.28. The number of nitrogens with zero attached hydrogens (tertiary/aromatic N) is 3. The Morgan fingerprint density at radius 2 is 1.94 bits per heavy atom. The van der Waals surface area contributed by atoms with E-state index < -0.39 is 0 Å². The highest BCUT2D eigenvalue weighted by atomic mass is 16.5. The Labute approximate surface area is 180 Å². The van der Waals surface area contributed by atoms with E-state index in [4.69, 9.17) is 14.5 Å². The lowest BCUT2D eigenvalue weighted by atomic mass is 10.1. The van der Waals surface area contributed by atoms with E-state index in [1.54, 1.807) is 20.3 Å². The molecule has 1 amide bonds. The molecule has 0 spiro atoms. The van der Waals surface area contributed by atoms with Crippen molar-refractivity contribution in [2.24, 2.45) is 0 Å². The Morgan fingerprint density at radius 1 is 1.16 bits per heavy atom. The van der Waals surface area contributed by atoms with Gasteiger partial charge in [-0.05, 0) is 37.3 Å². The van der Waals surface area contributed by atoms with Crippen LogP contribution in [0.15, 0.2) is 54.6 Å². The van der Waals surface area contributed by atoms with Gasteiger partial charge in [-0.15, -0.1) is 0 Å². The maximum Gasteiger partial charge on any atom is 0.269 e. The number of benzene rings is 2. The molecule has 4 aromatic rings. The zero-order chi connectivity index (χ0) is 21.8. The van der Waals surface area contributed by atoms with Crippen molar-refractivity contribution in [3.8, 4) is 17.0 Å². The van der Waals surface area contributed by atoms with Crippen LogP contribution in [0.5, 0.6) is 5.75 Å². The Bertz CT molecular complexity index is 1200. The molecule has 2 N–H and O–H groups in total. The van der Waals surface area contributed by atoms with Crippen molar-refractivity contribution < 1.29 is 14.3 Å². The predicted molar refractivity (Wildman–Crippen MR) is 118 cm³/mol. The van der Waals surface area contributed by atoms with E-state index in [9.17, 15) is 4.79 Å². The monoisotopic (exact) mass is 419 g/mol. The van der Waals surface area contributed by atoms with Crippen LogP contribution in [0.1, 0.15) is 29.3 Å². The van der Waals surface area contributed by atoms with Gasteiger partial charge in [0.05, 0.1) is 36.5 Å². The molecule has 0 aliphatic carbocycles. The lowest BCUT2D eigenvalue weighted by molar-refractivity contribution is 0.0932. The number of rotatable bonds is 8. The average molecular weight is 419 g/mol. The van der Waals surface area contributed by atoms with Crippen molar-refractivity contribution in [2.75, 3.05) is 20.8 Å². The number of methoxy groups -OCH3 is 2. The van der Waals surface area contributed by atoms with Gasteiger partial charge in [-0.25, -0.2) is 4.98 Å². The predicted octanol–water partition coefficient (Wildman–Crippen LogP) is 3.57. The number of hydrogen-bond donors (Lipinski definition) is 2. The number of para-hydroxylation sites is 3. The molecule has 2 aromatic carbocycles. The average Bonchev–Trinajstić information content (AvgIpc) is 3.43. The number of ether oxygens (including phenoxy) is 2. The number of aromatic amines is 1. The minimum absolute atomic E-state index is 0.258. The lowest BCUT2D eigenvalue weighted by Crippen LogP contribution is -2.29. The van der Waals surface area contributed by atoms with Crippen molar-refractivity contribution in [1.82, 2.24) is 25.1 Å². The summed E-state index contributed by atoms with van der Waals surface area (Å²) in [5.74, 6) is 1.21.